The van der Waals surface area contributed by atoms with Gasteiger partial charge in [-0.15, -0.1) is 5.10 Å². The fourth-order valence-corrected chi connectivity index (χ4v) is 4.67. The molecule has 4 rings (SSSR count). The first-order chi connectivity index (χ1) is 16.1. The van der Waals surface area contributed by atoms with E-state index in [0.29, 0.717) is 18.7 Å². The molecule has 0 unspecified atom stereocenters. The van der Waals surface area contributed by atoms with Crippen LogP contribution >= 0.6 is 0 Å². The van der Waals surface area contributed by atoms with Crippen LogP contribution in [0.5, 0.6) is 0 Å². The minimum absolute atomic E-state index is 0.0119. The van der Waals surface area contributed by atoms with Crippen LogP contribution in [-0.2, 0) is 16.1 Å². The number of piperidine rings is 1. The van der Waals surface area contributed by atoms with Crippen molar-refractivity contribution >= 4 is 5.91 Å². The molecule has 2 fully saturated rings. The molecule has 3 atom stereocenters. The summed E-state index contributed by atoms with van der Waals surface area (Å²) >= 11 is 0. The zero-order valence-electron chi connectivity index (χ0n) is 19.0. The maximum absolute atomic E-state index is 13.1. The van der Waals surface area contributed by atoms with E-state index in [1.807, 2.05) is 6.20 Å². The van der Waals surface area contributed by atoms with E-state index in [4.69, 9.17) is 4.74 Å². The zero-order valence-corrected chi connectivity index (χ0v) is 19.0. The third kappa shape index (κ3) is 6.82. The highest BCUT2D eigenvalue weighted by atomic mass is 19.1. The third-order valence-corrected chi connectivity index (χ3v) is 6.60. The number of benzene rings is 1. The number of carbonyl (C=O) groups excluding carboxylic acids is 1. The number of aliphatic hydroxyl groups excluding tert-OH is 1. The molecule has 8 nitrogen and oxygen atoms in total. The van der Waals surface area contributed by atoms with E-state index in [0.717, 1.165) is 44.5 Å². The van der Waals surface area contributed by atoms with Gasteiger partial charge in [0.25, 0.3) is 0 Å². The minimum Gasteiger partial charge on any atom is -0.394 e. The summed E-state index contributed by atoms with van der Waals surface area (Å²) in [7, 11) is 0. The summed E-state index contributed by atoms with van der Waals surface area (Å²) in [6.07, 6.45) is 7.96. The molecule has 2 aromatic rings. The Morgan fingerprint density at radius 3 is 2.70 bits per heavy atom. The molecule has 0 saturated carbocycles. The van der Waals surface area contributed by atoms with Gasteiger partial charge >= 0.3 is 0 Å². The Hall–Kier alpha value is -2.36. The number of nitrogens with zero attached hydrogens (tertiary/aromatic N) is 4. The first-order valence-corrected chi connectivity index (χ1v) is 12.0. The van der Waals surface area contributed by atoms with Gasteiger partial charge < -0.3 is 20.1 Å². The maximum atomic E-state index is 13.1. The second kappa shape index (κ2) is 11.7. The van der Waals surface area contributed by atoms with Gasteiger partial charge in [0.2, 0.25) is 5.91 Å². The predicted molar refractivity (Wildman–Crippen MR) is 122 cm³/mol. The van der Waals surface area contributed by atoms with Crippen molar-refractivity contribution in [2.45, 2.75) is 69.7 Å². The molecule has 0 spiro atoms. The topological polar surface area (TPSA) is 92.5 Å². The number of carbonyl (C=O) groups is 1. The summed E-state index contributed by atoms with van der Waals surface area (Å²) in [6, 6.07) is 6.02. The number of aromatic nitrogens is 3. The lowest BCUT2D eigenvalue weighted by atomic mass is 9.97. The van der Waals surface area contributed by atoms with E-state index in [-0.39, 0.29) is 30.5 Å². The summed E-state index contributed by atoms with van der Waals surface area (Å²) in [5.74, 6) is -0.252. The normalized spacial score (nSPS) is 24.0. The Bertz CT molecular complexity index is 884. The number of nitrogens with one attached hydrogen (secondary N) is 1. The molecule has 0 aliphatic carbocycles. The highest BCUT2D eigenvalue weighted by Crippen LogP contribution is 2.23. The molecular formula is C24H34FN5O3. The average molecular weight is 460 g/mol. The lowest BCUT2D eigenvalue weighted by Crippen LogP contribution is -2.51. The SMILES string of the molecule is O=C(CCN1CCCCC1)N[C@@H]1CC[C@H](CCn2cc(-c3ccc(F)cc3)nn2)O[C@H]1CO. The van der Waals surface area contributed by atoms with Crippen LogP contribution in [0.1, 0.15) is 44.9 Å². The summed E-state index contributed by atoms with van der Waals surface area (Å²) in [4.78, 5) is 14.8. The predicted octanol–water partition coefficient (Wildman–Crippen LogP) is 2.38. The van der Waals surface area contributed by atoms with Crippen molar-refractivity contribution in [3.63, 3.8) is 0 Å². The second-order valence-corrected chi connectivity index (χ2v) is 9.05. The van der Waals surface area contributed by atoms with Gasteiger partial charge in [0, 0.05) is 25.1 Å². The van der Waals surface area contributed by atoms with E-state index in [9.17, 15) is 14.3 Å². The number of amides is 1. The standard InChI is InChI=1S/C24H34FN5O3/c25-19-6-4-18(5-7-19)22-16-30(28-27-22)15-10-20-8-9-21(23(17-31)33-20)26-24(32)11-14-29-12-2-1-3-13-29/h4-7,16,20-21,23,31H,1-3,8-15,17H2,(H,26,32)/t20-,21-,23+/m1/s1. The fraction of sp³-hybridized carbons (Fsp3) is 0.625. The number of aryl methyl sites for hydroxylation is 1. The van der Waals surface area contributed by atoms with Crippen LogP contribution in [0.15, 0.2) is 30.5 Å². The molecule has 0 bridgehead atoms. The second-order valence-electron chi connectivity index (χ2n) is 9.05. The zero-order chi connectivity index (χ0) is 23.0. The van der Waals surface area contributed by atoms with Gasteiger partial charge in [0.15, 0.2) is 0 Å². The Morgan fingerprint density at radius 2 is 1.94 bits per heavy atom. The number of halogens is 1. The molecule has 2 aliphatic heterocycles. The molecule has 2 aliphatic rings. The van der Waals surface area contributed by atoms with Crippen LogP contribution in [-0.4, -0.2) is 75.4 Å². The van der Waals surface area contributed by atoms with Gasteiger partial charge in [-0.05, 0) is 69.5 Å². The van der Waals surface area contributed by atoms with Gasteiger partial charge in [0.1, 0.15) is 17.6 Å². The van der Waals surface area contributed by atoms with Crippen LogP contribution in [0.2, 0.25) is 0 Å². The third-order valence-electron chi connectivity index (χ3n) is 6.60. The van der Waals surface area contributed by atoms with Crippen LogP contribution in [0, 0.1) is 5.82 Å². The van der Waals surface area contributed by atoms with E-state index < -0.39 is 6.10 Å². The molecule has 1 aromatic carbocycles. The Labute approximate surface area is 194 Å². The van der Waals surface area contributed by atoms with Crippen molar-refractivity contribution < 1.29 is 19.0 Å². The highest BCUT2D eigenvalue weighted by Gasteiger charge is 2.31. The van der Waals surface area contributed by atoms with E-state index >= 15 is 0 Å². The summed E-state index contributed by atoms with van der Waals surface area (Å²) in [5, 5.41) is 21.2. The maximum Gasteiger partial charge on any atom is 0.221 e. The Balaban J connectivity index is 1.21. The molecule has 33 heavy (non-hydrogen) atoms. The molecule has 2 N–H and O–H groups in total. The molecule has 1 amide bonds. The largest absolute Gasteiger partial charge is 0.394 e. The monoisotopic (exact) mass is 459 g/mol. The van der Waals surface area contributed by atoms with Crippen molar-refractivity contribution in [2.75, 3.05) is 26.2 Å². The van der Waals surface area contributed by atoms with Gasteiger partial charge in [-0.1, -0.05) is 11.6 Å². The van der Waals surface area contributed by atoms with Crippen LogP contribution < -0.4 is 5.32 Å². The Morgan fingerprint density at radius 1 is 1.15 bits per heavy atom. The van der Waals surface area contributed by atoms with E-state index in [2.05, 4.69) is 20.5 Å². The van der Waals surface area contributed by atoms with E-state index in [1.54, 1.807) is 16.8 Å². The lowest BCUT2D eigenvalue weighted by Gasteiger charge is -2.36. The van der Waals surface area contributed by atoms with Crippen molar-refractivity contribution in [2.24, 2.45) is 0 Å². The summed E-state index contributed by atoms with van der Waals surface area (Å²) < 4.78 is 21.0. The van der Waals surface area contributed by atoms with Gasteiger partial charge in [-0.25, -0.2) is 4.39 Å². The quantitative estimate of drug-likeness (QED) is 0.598. The minimum atomic E-state index is -0.395. The first kappa shape index (κ1) is 23.8. The molecule has 9 heteroatoms. The fourth-order valence-electron chi connectivity index (χ4n) is 4.67. The van der Waals surface area contributed by atoms with Crippen molar-refractivity contribution in [1.82, 2.24) is 25.2 Å². The molecule has 2 saturated heterocycles. The number of likely N-dealkylation sites (tertiary alicyclic amines) is 1. The summed E-state index contributed by atoms with van der Waals surface area (Å²) in [6.45, 7) is 3.47. The molecule has 1 aromatic heterocycles. The molecule has 3 heterocycles. The number of hydrogen-bond donors (Lipinski definition) is 2. The first-order valence-electron chi connectivity index (χ1n) is 12.0. The van der Waals surface area contributed by atoms with E-state index in [1.165, 1.54) is 31.4 Å². The number of ether oxygens (including phenoxy) is 1. The molecule has 180 valence electrons. The van der Waals surface area contributed by atoms with Crippen LogP contribution in [0.3, 0.4) is 0 Å². The number of rotatable bonds is 9. The van der Waals surface area contributed by atoms with Crippen molar-refractivity contribution in [3.05, 3.63) is 36.3 Å². The average Bonchev–Trinajstić information content (AvgIpc) is 3.32. The smallest absolute Gasteiger partial charge is 0.221 e. The number of hydrogen-bond acceptors (Lipinski definition) is 6. The van der Waals surface area contributed by atoms with Gasteiger partial charge in [-0.2, -0.15) is 0 Å². The van der Waals surface area contributed by atoms with Gasteiger partial charge in [-0.3, -0.25) is 9.48 Å². The summed E-state index contributed by atoms with van der Waals surface area (Å²) in [5.41, 5.74) is 1.51. The van der Waals surface area contributed by atoms with Crippen LogP contribution in [0.25, 0.3) is 11.3 Å². The van der Waals surface area contributed by atoms with Crippen molar-refractivity contribution in [1.29, 1.82) is 0 Å². The number of aliphatic hydroxyl groups is 1. The highest BCUT2D eigenvalue weighted by molar-refractivity contribution is 5.76. The molecular weight excluding hydrogens is 425 g/mol. The lowest BCUT2D eigenvalue weighted by molar-refractivity contribution is -0.129. The molecule has 0 radical (unpaired) electrons. The Kier molecular flexibility index (Phi) is 8.41. The van der Waals surface area contributed by atoms with Crippen LogP contribution in [0.4, 0.5) is 4.39 Å². The van der Waals surface area contributed by atoms with Gasteiger partial charge in [0.05, 0.1) is 24.9 Å². The van der Waals surface area contributed by atoms with Crippen molar-refractivity contribution in [3.8, 4) is 11.3 Å².